The second kappa shape index (κ2) is 5.19. The fraction of sp³-hybridized carbons (Fsp3) is 0.500. The number of rotatable bonds is 4. The molecule has 5 nitrogen and oxygen atoms in total. The van der Waals surface area contributed by atoms with Crippen molar-refractivity contribution in [3.8, 4) is 0 Å². The summed E-state index contributed by atoms with van der Waals surface area (Å²) in [5, 5.41) is 11.2. The van der Waals surface area contributed by atoms with Gasteiger partial charge in [0.15, 0.2) is 0 Å². The standard InChI is InChI=1S/C10H12F3N3O2/c1-3-6(9(17)18)16-8-4-7(10(11,12)13)14-5(2)15-8/h4,6H,3H2,1-2H3,(H,17,18)(H,14,15,16). The minimum absolute atomic E-state index is 0.0763. The third kappa shape index (κ3) is 3.57. The third-order valence-electron chi connectivity index (χ3n) is 2.16. The highest BCUT2D eigenvalue weighted by molar-refractivity contribution is 5.76. The van der Waals surface area contributed by atoms with Gasteiger partial charge in [0.05, 0.1) is 0 Å². The van der Waals surface area contributed by atoms with Crippen LogP contribution in [-0.4, -0.2) is 27.1 Å². The van der Waals surface area contributed by atoms with Crippen LogP contribution >= 0.6 is 0 Å². The number of nitrogens with zero attached hydrogens (tertiary/aromatic N) is 2. The fourth-order valence-electron chi connectivity index (χ4n) is 1.30. The molecule has 18 heavy (non-hydrogen) atoms. The van der Waals surface area contributed by atoms with E-state index in [2.05, 4.69) is 15.3 Å². The van der Waals surface area contributed by atoms with Gasteiger partial charge in [0.1, 0.15) is 23.4 Å². The van der Waals surface area contributed by atoms with Crippen molar-refractivity contribution in [2.24, 2.45) is 0 Å². The van der Waals surface area contributed by atoms with Gasteiger partial charge >= 0.3 is 12.1 Å². The maximum Gasteiger partial charge on any atom is 0.433 e. The van der Waals surface area contributed by atoms with Crippen LogP contribution in [0.3, 0.4) is 0 Å². The Labute approximate surface area is 101 Å². The van der Waals surface area contributed by atoms with Crippen LogP contribution in [0.15, 0.2) is 6.07 Å². The molecule has 0 spiro atoms. The van der Waals surface area contributed by atoms with Crippen LogP contribution in [0.5, 0.6) is 0 Å². The summed E-state index contributed by atoms with van der Waals surface area (Å²) in [7, 11) is 0. The van der Waals surface area contributed by atoms with Gasteiger partial charge in [-0.2, -0.15) is 13.2 Å². The first-order chi connectivity index (χ1) is 8.24. The highest BCUT2D eigenvalue weighted by Crippen LogP contribution is 2.28. The van der Waals surface area contributed by atoms with Gasteiger partial charge in [-0.25, -0.2) is 14.8 Å². The second-order valence-electron chi connectivity index (χ2n) is 3.63. The van der Waals surface area contributed by atoms with Gasteiger partial charge in [-0.15, -0.1) is 0 Å². The molecule has 1 heterocycles. The lowest BCUT2D eigenvalue weighted by atomic mass is 10.2. The predicted molar refractivity (Wildman–Crippen MR) is 57.1 cm³/mol. The van der Waals surface area contributed by atoms with E-state index in [9.17, 15) is 18.0 Å². The number of carbonyl (C=O) groups is 1. The van der Waals surface area contributed by atoms with Gasteiger partial charge in [-0.3, -0.25) is 0 Å². The number of carboxylic acids is 1. The summed E-state index contributed by atoms with van der Waals surface area (Å²) in [6, 6.07) is -0.293. The summed E-state index contributed by atoms with van der Waals surface area (Å²) in [6.45, 7) is 2.91. The molecule has 0 aliphatic rings. The van der Waals surface area contributed by atoms with E-state index in [1.54, 1.807) is 6.92 Å². The molecule has 8 heteroatoms. The lowest BCUT2D eigenvalue weighted by Gasteiger charge is -2.14. The first-order valence-electron chi connectivity index (χ1n) is 5.16. The van der Waals surface area contributed by atoms with Crippen LogP contribution in [0.4, 0.5) is 19.0 Å². The van der Waals surface area contributed by atoms with Crippen LogP contribution in [0.1, 0.15) is 24.9 Å². The number of hydrogen-bond donors (Lipinski definition) is 2. The molecule has 0 fully saturated rings. The van der Waals surface area contributed by atoms with Gasteiger partial charge < -0.3 is 10.4 Å². The highest BCUT2D eigenvalue weighted by Gasteiger charge is 2.33. The molecule has 0 aliphatic heterocycles. The molecule has 1 rings (SSSR count). The number of anilines is 1. The second-order valence-corrected chi connectivity index (χ2v) is 3.63. The van der Waals surface area contributed by atoms with E-state index in [0.717, 1.165) is 0 Å². The number of nitrogens with one attached hydrogen (secondary N) is 1. The molecule has 0 radical (unpaired) electrons. The van der Waals surface area contributed by atoms with Gasteiger partial charge in [0.2, 0.25) is 0 Å². The Bertz CT molecular complexity index is 448. The number of aromatic nitrogens is 2. The van der Waals surface area contributed by atoms with Crippen molar-refractivity contribution in [1.82, 2.24) is 9.97 Å². The van der Waals surface area contributed by atoms with E-state index in [4.69, 9.17) is 5.11 Å². The lowest BCUT2D eigenvalue weighted by molar-refractivity contribution is -0.141. The van der Waals surface area contributed by atoms with Gasteiger partial charge in [0.25, 0.3) is 0 Å². The monoisotopic (exact) mass is 263 g/mol. The molecule has 0 aromatic carbocycles. The first kappa shape index (κ1) is 14.2. The molecule has 0 amide bonds. The Kier molecular flexibility index (Phi) is 4.10. The quantitative estimate of drug-likeness (QED) is 0.869. The molecule has 100 valence electrons. The summed E-state index contributed by atoms with van der Waals surface area (Å²) in [5.74, 6) is -1.38. The number of alkyl halides is 3. The van der Waals surface area contributed by atoms with Crippen molar-refractivity contribution in [3.63, 3.8) is 0 Å². The van der Waals surface area contributed by atoms with Crippen molar-refractivity contribution < 1.29 is 23.1 Å². The maximum atomic E-state index is 12.5. The van der Waals surface area contributed by atoms with Crippen molar-refractivity contribution in [2.75, 3.05) is 5.32 Å². The molecular formula is C10H12F3N3O2. The smallest absolute Gasteiger partial charge is 0.433 e. The first-order valence-corrected chi connectivity index (χ1v) is 5.16. The number of aliphatic carboxylic acids is 1. The molecule has 1 aromatic heterocycles. The van der Waals surface area contributed by atoms with E-state index in [0.29, 0.717) is 6.07 Å². The average molecular weight is 263 g/mol. The van der Waals surface area contributed by atoms with Crippen molar-refractivity contribution in [1.29, 1.82) is 0 Å². The molecule has 0 saturated heterocycles. The van der Waals surface area contributed by atoms with Crippen LogP contribution in [0.2, 0.25) is 0 Å². The van der Waals surface area contributed by atoms with Crippen molar-refractivity contribution >= 4 is 11.8 Å². The molecular weight excluding hydrogens is 251 g/mol. The van der Waals surface area contributed by atoms with Gasteiger partial charge in [0, 0.05) is 6.07 Å². The zero-order valence-electron chi connectivity index (χ0n) is 9.75. The summed E-state index contributed by atoms with van der Waals surface area (Å²) >= 11 is 0. The largest absolute Gasteiger partial charge is 0.480 e. The lowest BCUT2D eigenvalue weighted by Crippen LogP contribution is -2.29. The van der Waals surface area contributed by atoms with Gasteiger partial charge in [-0.05, 0) is 13.3 Å². The molecule has 1 atom stereocenters. The average Bonchev–Trinajstić information content (AvgIpc) is 2.23. The highest BCUT2D eigenvalue weighted by atomic mass is 19.4. The summed E-state index contributed by atoms with van der Waals surface area (Å²) in [6.07, 6.45) is -4.37. The summed E-state index contributed by atoms with van der Waals surface area (Å²) in [5.41, 5.74) is -1.10. The molecule has 0 bridgehead atoms. The van der Waals surface area contributed by atoms with E-state index in [1.807, 2.05) is 0 Å². The Morgan fingerprint density at radius 3 is 2.56 bits per heavy atom. The molecule has 0 saturated carbocycles. The van der Waals surface area contributed by atoms with Crippen LogP contribution in [0, 0.1) is 6.92 Å². The van der Waals surface area contributed by atoms with Gasteiger partial charge in [-0.1, -0.05) is 6.92 Å². The van der Waals surface area contributed by atoms with E-state index in [-0.39, 0.29) is 18.1 Å². The zero-order chi connectivity index (χ0) is 13.9. The fourth-order valence-corrected chi connectivity index (χ4v) is 1.30. The number of carboxylic acid groups (broad SMARTS) is 1. The predicted octanol–water partition coefficient (Wildman–Crippen LogP) is 2.08. The topological polar surface area (TPSA) is 75.1 Å². The maximum absolute atomic E-state index is 12.5. The van der Waals surface area contributed by atoms with Crippen LogP contribution in [0.25, 0.3) is 0 Å². The molecule has 1 unspecified atom stereocenters. The molecule has 1 aromatic rings. The normalized spacial score (nSPS) is 13.2. The summed E-state index contributed by atoms with van der Waals surface area (Å²) in [4.78, 5) is 17.8. The van der Waals surface area contributed by atoms with Crippen molar-refractivity contribution in [2.45, 2.75) is 32.5 Å². The molecule has 0 aliphatic carbocycles. The summed E-state index contributed by atoms with van der Waals surface area (Å²) < 4.78 is 37.5. The molecule has 2 N–H and O–H groups in total. The number of aryl methyl sites for hydroxylation is 1. The minimum atomic E-state index is -4.59. The Morgan fingerprint density at radius 1 is 1.50 bits per heavy atom. The Balaban J connectivity index is 3.03. The number of hydrogen-bond acceptors (Lipinski definition) is 4. The van der Waals surface area contributed by atoms with E-state index in [1.165, 1.54) is 6.92 Å². The van der Waals surface area contributed by atoms with E-state index < -0.39 is 23.9 Å². The van der Waals surface area contributed by atoms with Crippen LogP contribution in [-0.2, 0) is 11.0 Å². The van der Waals surface area contributed by atoms with Crippen LogP contribution < -0.4 is 5.32 Å². The van der Waals surface area contributed by atoms with Crippen molar-refractivity contribution in [3.05, 3.63) is 17.6 Å². The minimum Gasteiger partial charge on any atom is -0.480 e. The van der Waals surface area contributed by atoms with E-state index >= 15 is 0 Å². The zero-order valence-corrected chi connectivity index (χ0v) is 9.75. The third-order valence-corrected chi connectivity index (χ3v) is 2.16. The Morgan fingerprint density at radius 2 is 2.11 bits per heavy atom. The SMILES string of the molecule is CCC(Nc1cc(C(F)(F)F)nc(C)n1)C(=O)O. The Hall–Kier alpha value is -1.86. The number of halogens is 3.